The van der Waals surface area contributed by atoms with Crippen molar-refractivity contribution in [1.82, 2.24) is 15.3 Å². The largest absolute Gasteiger partial charge is 0.490 e. The van der Waals surface area contributed by atoms with E-state index in [1.165, 1.54) is 0 Å². The Kier molecular flexibility index (Phi) is 12.2. The highest BCUT2D eigenvalue weighted by Crippen LogP contribution is 2.53. The van der Waals surface area contributed by atoms with Crippen LogP contribution in [0.25, 0.3) is 11.1 Å². The molecule has 47 heavy (non-hydrogen) atoms. The van der Waals surface area contributed by atoms with Gasteiger partial charge in [-0.2, -0.15) is 0 Å². The van der Waals surface area contributed by atoms with Crippen LogP contribution in [-0.2, 0) is 21.7 Å². The Morgan fingerprint density at radius 2 is 1.79 bits per heavy atom. The number of thioether (sulfide) groups is 1. The summed E-state index contributed by atoms with van der Waals surface area (Å²) in [7, 11) is 0. The maximum absolute atomic E-state index is 12.2. The SMILES string of the molecule is Cc1ccc(SCCCCC(=O)NC[C@H](O)[C@@H](O)[C@H](O)[C@H](O)CO)nc1COC1(c2cnccc2-c2ccccc2OC2CC2)CC1. The number of benzene rings is 1. The molecule has 2 aliphatic carbocycles. The predicted octanol–water partition coefficient (Wildman–Crippen LogP) is 3.01. The summed E-state index contributed by atoms with van der Waals surface area (Å²) in [6, 6.07) is 14.3. The fraction of sp³-hybridized carbons (Fsp3) is 0.514. The maximum atomic E-state index is 12.2. The van der Waals surface area contributed by atoms with E-state index in [1.807, 2.05) is 49.6 Å². The van der Waals surface area contributed by atoms with E-state index < -0.39 is 36.6 Å². The number of hydrogen-bond acceptors (Lipinski definition) is 11. The standard InChI is InChI=1S/C35H45N3O8S/c1-22-9-12-32(47-17-5-4-8-31(42)37-19-28(40)33(43)34(44)29(41)20-39)38-27(22)21-45-35(14-15-35)26-18-36-16-13-24(26)25-6-2-3-7-30(25)46-23-10-11-23/h2-3,6-7,9,12-13,16,18,23,28-29,33-34,39-41,43-44H,4-5,8,10-11,14-15,17,19-21H2,1H3,(H,37,42)/t28-,29+,33+,34+/m0/s1. The lowest BCUT2D eigenvalue weighted by atomic mass is 9.96. The maximum Gasteiger partial charge on any atom is 0.220 e. The van der Waals surface area contributed by atoms with Gasteiger partial charge in [0.25, 0.3) is 0 Å². The van der Waals surface area contributed by atoms with E-state index in [2.05, 4.69) is 22.4 Å². The first-order valence-electron chi connectivity index (χ1n) is 16.2. The highest BCUT2D eigenvalue weighted by Gasteiger charge is 2.48. The average molecular weight is 668 g/mol. The van der Waals surface area contributed by atoms with E-state index in [-0.39, 0.29) is 18.9 Å². The monoisotopic (exact) mass is 667 g/mol. The smallest absolute Gasteiger partial charge is 0.220 e. The minimum absolute atomic E-state index is 0.237. The molecular formula is C35H45N3O8S. The molecule has 0 radical (unpaired) electrons. The summed E-state index contributed by atoms with van der Waals surface area (Å²) in [4.78, 5) is 21.5. The second kappa shape index (κ2) is 16.3. The van der Waals surface area contributed by atoms with Crippen LogP contribution in [-0.4, -0.2) is 90.8 Å². The third kappa shape index (κ3) is 9.50. The van der Waals surface area contributed by atoms with Crippen molar-refractivity contribution in [3.8, 4) is 16.9 Å². The van der Waals surface area contributed by atoms with E-state index in [9.17, 15) is 25.2 Å². The Morgan fingerprint density at radius 1 is 1.02 bits per heavy atom. The van der Waals surface area contributed by atoms with Gasteiger partial charge in [0, 0.05) is 36.5 Å². The van der Waals surface area contributed by atoms with Crippen molar-refractivity contribution in [2.75, 3.05) is 18.9 Å². The number of ether oxygens (including phenoxy) is 2. The molecule has 2 fully saturated rings. The Hall–Kier alpha value is -3.10. The van der Waals surface area contributed by atoms with Crippen LogP contribution in [0.5, 0.6) is 5.75 Å². The molecule has 11 nitrogen and oxygen atoms in total. The van der Waals surface area contributed by atoms with E-state index in [0.29, 0.717) is 19.1 Å². The highest BCUT2D eigenvalue weighted by molar-refractivity contribution is 7.99. The summed E-state index contributed by atoms with van der Waals surface area (Å²) >= 11 is 1.61. The molecule has 1 aromatic carbocycles. The van der Waals surface area contributed by atoms with E-state index in [0.717, 1.165) is 76.6 Å². The lowest BCUT2D eigenvalue weighted by Gasteiger charge is -2.25. The summed E-state index contributed by atoms with van der Waals surface area (Å²) in [5.74, 6) is 1.37. The first-order chi connectivity index (χ1) is 22.7. The minimum Gasteiger partial charge on any atom is -0.490 e. The molecule has 12 heteroatoms. The van der Waals surface area contributed by atoms with Crippen LogP contribution in [0.3, 0.4) is 0 Å². The van der Waals surface area contributed by atoms with Crippen LogP contribution < -0.4 is 10.1 Å². The second-order valence-corrected chi connectivity index (χ2v) is 13.5. The number of aliphatic hydroxyl groups is 5. The number of aromatic nitrogens is 2. The van der Waals surface area contributed by atoms with Gasteiger partial charge in [0.1, 0.15) is 24.1 Å². The van der Waals surface area contributed by atoms with Crippen molar-refractivity contribution in [1.29, 1.82) is 0 Å². The number of carbonyl (C=O) groups is 1. The summed E-state index contributed by atoms with van der Waals surface area (Å²) in [5, 5.41) is 51.2. The number of unbranched alkanes of at least 4 members (excludes halogenated alkanes) is 1. The second-order valence-electron chi connectivity index (χ2n) is 12.3. The fourth-order valence-electron chi connectivity index (χ4n) is 5.29. The van der Waals surface area contributed by atoms with Crippen LogP contribution in [0.1, 0.15) is 61.8 Å². The molecule has 5 rings (SSSR count). The molecule has 2 saturated carbocycles. The minimum atomic E-state index is -1.73. The van der Waals surface area contributed by atoms with Gasteiger partial charge in [0.2, 0.25) is 5.91 Å². The lowest BCUT2D eigenvalue weighted by molar-refractivity contribution is -0.126. The third-order valence-electron chi connectivity index (χ3n) is 8.55. The van der Waals surface area contributed by atoms with Gasteiger partial charge < -0.3 is 40.3 Å². The number of carbonyl (C=O) groups excluding carboxylic acids is 1. The Bertz CT molecular complexity index is 1480. The van der Waals surface area contributed by atoms with Crippen LogP contribution in [0.15, 0.2) is 59.9 Å². The van der Waals surface area contributed by atoms with Crippen molar-refractivity contribution in [2.24, 2.45) is 0 Å². The zero-order valence-corrected chi connectivity index (χ0v) is 27.4. The molecule has 6 N–H and O–H groups in total. The number of rotatable bonds is 19. The third-order valence-corrected chi connectivity index (χ3v) is 9.57. The van der Waals surface area contributed by atoms with Gasteiger partial charge in [-0.05, 0) is 80.5 Å². The first kappa shape index (κ1) is 35.2. The number of nitrogens with zero attached hydrogens (tertiary/aromatic N) is 2. The van der Waals surface area contributed by atoms with Crippen LogP contribution in [0.2, 0.25) is 0 Å². The number of amides is 1. The Labute approximate surface area is 279 Å². The molecular weight excluding hydrogens is 622 g/mol. The van der Waals surface area contributed by atoms with Crippen LogP contribution in [0, 0.1) is 6.92 Å². The zero-order chi connectivity index (χ0) is 33.4. The van der Waals surface area contributed by atoms with Gasteiger partial charge in [-0.15, -0.1) is 11.8 Å². The number of para-hydroxylation sites is 1. The molecule has 2 aliphatic rings. The van der Waals surface area contributed by atoms with E-state index >= 15 is 0 Å². The molecule has 254 valence electrons. The van der Waals surface area contributed by atoms with Gasteiger partial charge in [0.05, 0.1) is 41.7 Å². The predicted molar refractivity (Wildman–Crippen MR) is 177 cm³/mol. The molecule has 3 aromatic rings. The van der Waals surface area contributed by atoms with Crippen molar-refractivity contribution in [3.63, 3.8) is 0 Å². The number of pyridine rings is 2. The summed E-state index contributed by atoms with van der Waals surface area (Å²) in [6.45, 7) is 1.37. The van der Waals surface area contributed by atoms with Crippen molar-refractivity contribution in [3.05, 3.63) is 71.7 Å². The molecule has 0 unspecified atom stereocenters. The average Bonchev–Trinajstić information content (AvgIpc) is 4.04. The molecule has 0 spiro atoms. The summed E-state index contributed by atoms with van der Waals surface area (Å²) in [5.41, 5.74) is 4.75. The molecule has 2 heterocycles. The lowest BCUT2D eigenvalue weighted by Crippen LogP contribution is -2.49. The van der Waals surface area contributed by atoms with Gasteiger partial charge in [-0.3, -0.25) is 9.78 Å². The normalized spacial score (nSPS) is 17.8. The first-order valence-corrected chi connectivity index (χ1v) is 17.2. The molecule has 2 aromatic heterocycles. The highest BCUT2D eigenvalue weighted by atomic mass is 32.2. The number of aryl methyl sites for hydroxylation is 1. The van der Waals surface area contributed by atoms with Crippen molar-refractivity contribution < 1.29 is 39.8 Å². The molecule has 0 saturated heterocycles. The molecule has 1 amide bonds. The molecule has 4 atom stereocenters. The van der Waals surface area contributed by atoms with Crippen LogP contribution >= 0.6 is 11.8 Å². The van der Waals surface area contributed by atoms with E-state index in [4.69, 9.17) is 19.6 Å². The number of aliphatic hydroxyl groups excluding tert-OH is 5. The Balaban J connectivity index is 1.09. The van der Waals surface area contributed by atoms with E-state index in [1.54, 1.807) is 11.8 Å². The number of hydrogen-bond donors (Lipinski definition) is 6. The van der Waals surface area contributed by atoms with Crippen molar-refractivity contribution >= 4 is 17.7 Å². The van der Waals surface area contributed by atoms with Gasteiger partial charge in [-0.1, -0.05) is 24.3 Å². The van der Waals surface area contributed by atoms with Gasteiger partial charge in [0.15, 0.2) is 0 Å². The zero-order valence-electron chi connectivity index (χ0n) is 26.6. The Morgan fingerprint density at radius 3 is 2.53 bits per heavy atom. The summed E-state index contributed by atoms with van der Waals surface area (Å²) < 4.78 is 12.9. The fourth-order valence-corrected chi connectivity index (χ4v) is 6.19. The van der Waals surface area contributed by atoms with Crippen LogP contribution in [0.4, 0.5) is 0 Å². The topological polar surface area (TPSA) is 174 Å². The summed E-state index contributed by atoms with van der Waals surface area (Å²) in [6.07, 6.45) is 3.17. The quantitative estimate of drug-likeness (QED) is 0.0819. The molecule has 0 aliphatic heterocycles. The molecule has 0 bridgehead atoms. The number of nitrogens with one attached hydrogen (secondary N) is 1. The van der Waals surface area contributed by atoms with Crippen molar-refractivity contribution in [2.45, 2.75) is 99.6 Å². The van der Waals surface area contributed by atoms with Gasteiger partial charge in [-0.25, -0.2) is 4.98 Å². The van der Waals surface area contributed by atoms with Gasteiger partial charge >= 0.3 is 0 Å².